The van der Waals surface area contributed by atoms with Crippen LogP contribution in [-0.4, -0.2) is 51.0 Å². The molecule has 2 rings (SSSR count). The summed E-state index contributed by atoms with van der Waals surface area (Å²) >= 11 is 0. The van der Waals surface area contributed by atoms with Gasteiger partial charge in [0.05, 0.1) is 26.7 Å². The minimum atomic E-state index is -0.398. The van der Waals surface area contributed by atoms with Crippen LogP contribution in [0.2, 0.25) is 0 Å². The van der Waals surface area contributed by atoms with Crippen LogP contribution in [0.4, 0.5) is 0 Å². The average molecular weight is 363 g/mol. The predicted octanol–water partition coefficient (Wildman–Crippen LogP) is 1.49. The van der Waals surface area contributed by atoms with Gasteiger partial charge in [-0.15, -0.1) is 0 Å². The Kier molecular flexibility index (Phi) is 7.40. The second-order valence-electron chi connectivity index (χ2n) is 5.97. The number of carbonyl (C=O) groups excluding carboxylic acids is 2. The van der Waals surface area contributed by atoms with Crippen molar-refractivity contribution in [2.75, 3.05) is 27.4 Å². The monoisotopic (exact) mass is 363 g/mol. The van der Waals surface area contributed by atoms with Crippen LogP contribution in [-0.2, 0) is 9.53 Å². The third-order valence-corrected chi connectivity index (χ3v) is 3.96. The number of rotatable bonds is 8. The number of hydrazone groups is 1. The average Bonchev–Trinajstić information content (AvgIpc) is 3.17. The van der Waals surface area contributed by atoms with Crippen molar-refractivity contribution in [1.82, 2.24) is 10.7 Å². The van der Waals surface area contributed by atoms with Gasteiger partial charge in [0.2, 0.25) is 5.91 Å². The van der Waals surface area contributed by atoms with Crippen molar-refractivity contribution in [3.63, 3.8) is 0 Å². The molecular formula is C18H25N3O5. The summed E-state index contributed by atoms with van der Waals surface area (Å²) in [5.41, 5.74) is 3.32. The summed E-state index contributed by atoms with van der Waals surface area (Å²) in [5, 5.41) is 6.79. The molecule has 1 saturated heterocycles. The molecule has 8 nitrogen and oxygen atoms in total. The number of methoxy groups -OCH3 is 2. The summed E-state index contributed by atoms with van der Waals surface area (Å²) in [5.74, 6) is 0.438. The molecule has 1 fully saturated rings. The molecule has 1 aliphatic rings. The van der Waals surface area contributed by atoms with Crippen molar-refractivity contribution in [2.24, 2.45) is 5.10 Å². The normalized spacial score (nSPS) is 16.9. The molecule has 0 bridgehead atoms. The maximum atomic E-state index is 12.2. The van der Waals surface area contributed by atoms with Gasteiger partial charge in [-0.2, -0.15) is 5.10 Å². The van der Waals surface area contributed by atoms with E-state index in [4.69, 9.17) is 14.2 Å². The van der Waals surface area contributed by atoms with Crippen molar-refractivity contribution in [3.8, 4) is 11.5 Å². The maximum Gasteiger partial charge on any atom is 0.271 e. The lowest BCUT2D eigenvalue weighted by Crippen LogP contribution is -2.33. The number of benzene rings is 1. The minimum absolute atomic E-state index is 0.0981. The molecule has 1 aromatic rings. The molecule has 0 aliphatic carbocycles. The summed E-state index contributed by atoms with van der Waals surface area (Å²) in [6.07, 6.45) is 2.21. The first-order valence-corrected chi connectivity index (χ1v) is 8.47. The van der Waals surface area contributed by atoms with E-state index in [1.807, 2.05) is 0 Å². The summed E-state index contributed by atoms with van der Waals surface area (Å²) in [4.78, 5) is 24.1. The summed E-state index contributed by atoms with van der Waals surface area (Å²) in [6, 6.07) is 4.81. The van der Waals surface area contributed by atoms with Crippen molar-refractivity contribution < 1.29 is 23.8 Å². The van der Waals surface area contributed by atoms with Gasteiger partial charge in [0, 0.05) is 24.4 Å². The lowest BCUT2D eigenvalue weighted by Gasteiger charge is -2.11. The molecule has 0 radical (unpaired) electrons. The maximum absolute atomic E-state index is 12.2. The highest BCUT2D eigenvalue weighted by atomic mass is 16.5. The second kappa shape index (κ2) is 9.76. The van der Waals surface area contributed by atoms with Gasteiger partial charge in [-0.1, -0.05) is 0 Å². The standard InChI is InChI=1S/C18H25N3O5/c1-12(9-17(22)19-11-14-5-4-8-26-14)20-21-18(23)13-6-7-15(24-2)16(10-13)25-3/h6-7,10,14H,4-5,8-9,11H2,1-3H3,(H,19,22)(H,21,23). The van der Waals surface area contributed by atoms with E-state index in [0.717, 1.165) is 19.4 Å². The predicted molar refractivity (Wildman–Crippen MR) is 96.7 cm³/mol. The Balaban J connectivity index is 1.83. The highest BCUT2D eigenvalue weighted by molar-refractivity contribution is 6.01. The number of hydrogen-bond acceptors (Lipinski definition) is 6. The largest absolute Gasteiger partial charge is 0.493 e. The molecular weight excluding hydrogens is 338 g/mol. The molecule has 0 spiro atoms. The van der Waals surface area contributed by atoms with E-state index < -0.39 is 5.91 Å². The zero-order valence-corrected chi connectivity index (χ0v) is 15.3. The van der Waals surface area contributed by atoms with Crippen molar-refractivity contribution in [3.05, 3.63) is 23.8 Å². The highest BCUT2D eigenvalue weighted by Crippen LogP contribution is 2.27. The fourth-order valence-corrected chi connectivity index (χ4v) is 2.56. The molecule has 1 aromatic carbocycles. The van der Waals surface area contributed by atoms with Gasteiger partial charge in [0.1, 0.15) is 0 Å². The summed E-state index contributed by atoms with van der Waals surface area (Å²) in [7, 11) is 3.02. The Morgan fingerprint density at radius 1 is 1.27 bits per heavy atom. The highest BCUT2D eigenvalue weighted by Gasteiger charge is 2.16. The minimum Gasteiger partial charge on any atom is -0.493 e. The van der Waals surface area contributed by atoms with Crippen LogP contribution >= 0.6 is 0 Å². The topological polar surface area (TPSA) is 98.2 Å². The SMILES string of the molecule is COc1ccc(C(=O)NN=C(C)CC(=O)NCC2CCCO2)cc1OC. The van der Waals surface area contributed by atoms with Gasteiger partial charge < -0.3 is 19.5 Å². The van der Waals surface area contributed by atoms with Crippen LogP contribution in [0.3, 0.4) is 0 Å². The molecule has 0 aromatic heterocycles. The zero-order chi connectivity index (χ0) is 18.9. The number of amides is 2. The zero-order valence-electron chi connectivity index (χ0n) is 15.3. The van der Waals surface area contributed by atoms with E-state index in [9.17, 15) is 9.59 Å². The van der Waals surface area contributed by atoms with Crippen molar-refractivity contribution in [1.29, 1.82) is 0 Å². The van der Waals surface area contributed by atoms with E-state index in [2.05, 4.69) is 15.8 Å². The summed E-state index contributed by atoms with van der Waals surface area (Å²) in [6.45, 7) is 2.94. The third kappa shape index (κ3) is 5.73. The Labute approximate surface area is 152 Å². The van der Waals surface area contributed by atoms with Gasteiger partial charge in [-0.3, -0.25) is 9.59 Å². The molecule has 2 amide bonds. The Morgan fingerprint density at radius 2 is 2.04 bits per heavy atom. The lowest BCUT2D eigenvalue weighted by molar-refractivity contribution is -0.120. The molecule has 1 aliphatic heterocycles. The molecule has 2 N–H and O–H groups in total. The van der Waals surface area contributed by atoms with Gasteiger partial charge in [-0.25, -0.2) is 5.43 Å². The first-order valence-electron chi connectivity index (χ1n) is 8.47. The number of nitrogens with one attached hydrogen (secondary N) is 2. The third-order valence-electron chi connectivity index (χ3n) is 3.96. The van der Waals surface area contributed by atoms with Gasteiger partial charge in [0.15, 0.2) is 11.5 Å². The lowest BCUT2D eigenvalue weighted by atomic mass is 10.2. The quantitative estimate of drug-likeness (QED) is 0.539. The second-order valence-corrected chi connectivity index (χ2v) is 5.97. The number of ether oxygens (including phenoxy) is 3. The van der Waals surface area contributed by atoms with Crippen LogP contribution in [0.5, 0.6) is 11.5 Å². The molecule has 142 valence electrons. The van der Waals surface area contributed by atoms with E-state index in [1.54, 1.807) is 25.1 Å². The van der Waals surface area contributed by atoms with Crippen molar-refractivity contribution >= 4 is 17.5 Å². The van der Waals surface area contributed by atoms with E-state index in [-0.39, 0.29) is 18.4 Å². The van der Waals surface area contributed by atoms with Gasteiger partial charge >= 0.3 is 0 Å². The first-order chi connectivity index (χ1) is 12.5. The van der Waals surface area contributed by atoms with Crippen LogP contribution in [0.1, 0.15) is 36.5 Å². The number of carbonyl (C=O) groups is 2. The van der Waals surface area contributed by atoms with Gasteiger partial charge in [0.25, 0.3) is 5.91 Å². The van der Waals surface area contributed by atoms with E-state index in [1.165, 1.54) is 14.2 Å². The van der Waals surface area contributed by atoms with Crippen LogP contribution in [0.15, 0.2) is 23.3 Å². The first kappa shape index (κ1) is 19.7. The summed E-state index contributed by atoms with van der Waals surface area (Å²) < 4.78 is 15.8. The fraction of sp³-hybridized carbons (Fsp3) is 0.500. The molecule has 1 unspecified atom stereocenters. The van der Waals surface area contributed by atoms with E-state index in [0.29, 0.717) is 29.3 Å². The molecule has 8 heteroatoms. The van der Waals surface area contributed by atoms with Crippen LogP contribution < -0.4 is 20.2 Å². The number of nitrogens with zero attached hydrogens (tertiary/aromatic N) is 1. The molecule has 1 atom stereocenters. The Hall–Kier alpha value is -2.61. The Bertz CT molecular complexity index is 669. The van der Waals surface area contributed by atoms with Gasteiger partial charge in [-0.05, 0) is 38.0 Å². The van der Waals surface area contributed by atoms with Crippen LogP contribution in [0, 0.1) is 0 Å². The fourth-order valence-electron chi connectivity index (χ4n) is 2.56. The smallest absolute Gasteiger partial charge is 0.271 e. The molecule has 0 saturated carbocycles. The van der Waals surface area contributed by atoms with Crippen LogP contribution in [0.25, 0.3) is 0 Å². The van der Waals surface area contributed by atoms with E-state index >= 15 is 0 Å². The number of hydrogen-bond donors (Lipinski definition) is 2. The van der Waals surface area contributed by atoms with Crippen molar-refractivity contribution in [2.45, 2.75) is 32.3 Å². The molecule has 1 heterocycles. The molecule has 26 heavy (non-hydrogen) atoms. The Morgan fingerprint density at radius 3 is 2.69 bits per heavy atom.